The quantitative estimate of drug-likeness (QED) is 0.782. The van der Waals surface area contributed by atoms with Gasteiger partial charge >= 0.3 is 6.18 Å². The minimum absolute atomic E-state index is 0.0749. The molecule has 1 aliphatic heterocycles. The molecule has 150 valence electrons. The lowest BCUT2D eigenvalue weighted by Crippen LogP contribution is -2.57. The van der Waals surface area contributed by atoms with Gasteiger partial charge in [-0.3, -0.25) is 9.59 Å². The second-order valence-corrected chi connectivity index (χ2v) is 6.74. The first-order valence-corrected chi connectivity index (χ1v) is 9.15. The largest absolute Gasteiger partial charge is 0.393 e. The Morgan fingerprint density at radius 3 is 2.57 bits per heavy atom. The van der Waals surface area contributed by atoms with Gasteiger partial charge in [0.25, 0.3) is 5.91 Å². The third kappa shape index (κ3) is 4.46. The standard InChI is InChI=1S/C18H18ClF3N4O2/c19-10-16(27)23-15-11-25(8-6-13(15)18(20,21)22)17(28)14-7-9-26(24-14)12-4-2-1-3-5-12/h1-5,7,9,13,15H,6,8,10-11H2,(H,23,27). The number of carbonyl (C=O) groups excluding carboxylic acids is 2. The Morgan fingerprint density at radius 2 is 1.93 bits per heavy atom. The highest BCUT2D eigenvalue weighted by atomic mass is 35.5. The molecule has 28 heavy (non-hydrogen) atoms. The van der Waals surface area contributed by atoms with E-state index in [4.69, 9.17) is 11.6 Å². The molecule has 1 fully saturated rings. The maximum absolute atomic E-state index is 13.3. The van der Waals surface area contributed by atoms with Crippen LogP contribution in [0.3, 0.4) is 0 Å². The van der Waals surface area contributed by atoms with Gasteiger partial charge in [-0.25, -0.2) is 4.68 Å². The number of hydrogen-bond acceptors (Lipinski definition) is 3. The fourth-order valence-electron chi connectivity index (χ4n) is 3.24. The van der Waals surface area contributed by atoms with Crippen molar-refractivity contribution in [3.8, 4) is 5.69 Å². The highest BCUT2D eigenvalue weighted by Gasteiger charge is 2.48. The Balaban J connectivity index is 1.75. The van der Waals surface area contributed by atoms with Crippen molar-refractivity contribution < 1.29 is 22.8 Å². The van der Waals surface area contributed by atoms with Crippen LogP contribution in [-0.4, -0.2) is 57.7 Å². The van der Waals surface area contributed by atoms with E-state index in [1.165, 1.54) is 15.6 Å². The van der Waals surface area contributed by atoms with Crippen molar-refractivity contribution in [3.05, 3.63) is 48.3 Å². The molecule has 0 saturated carbocycles. The number of benzene rings is 1. The number of alkyl halides is 4. The first-order valence-electron chi connectivity index (χ1n) is 8.62. The van der Waals surface area contributed by atoms with Crippen LogP contribution in [0.4, 0.5) is 13.2 Å². The molecule has 0 radical (unpaired) electrons. The van der Waals surface area contributed by atoms with E-state index in [0.29, 0.717) is 0 Å². The van der Waals surface area contributed by atoms with Crippen LogP contribution in [0.5, 0.6) is 0 Å². The summed E-state index contributed by atoms with van der Waals surface area (Å²) < 4.78 is 41.4. The Bertz CT molecular complexity index is 841. The van der Waals surface area contributed by atoms with E-state index in [-0.39, 0.29) is 25.2 Å². The Hall–Kier alpha value is -2.55. The number of rotatable bonds is 4. The fourth-order valence-corrected chi connectivity index (χ4v) is 3.32. The van der Waals surface area contributed by atoms with E-state index < -0.39 is 35.8 Å². The van der Waals surface area contributed by atoms with Gasteiger partial charge in [-0.2, -0.15) is 18.3 Å². The van der Waals surface area contributed by atoms with Crippen LogP contribution < -0.4 is 5.32 Å². The second kappa shape index (κ2) is 8.22. The molecule has 1 aromatic carbocycles. The molecule has 1 saturated heterocycles. The summed E-state index contributed by atoms with van der Waals surface area (Å²) in [4.78, 5) is 25.5. The van der Waals surface area contributed by atoms with Crippen LogP contribution in [0.15, 0.2) is 42.6 Å². The van der Waals surface area contributed by atoms with Gasteiger partial charge in [0.15, 0.2) is 5.69 Å². The van der Waals surface area contributed by atoms with Crippen LogP contribution >= 0.6 is 11.6 Å². The van der Waals surface area contributed by atoms with Gasteiger partial charge in [-0.15, -0.1) is 11.6 Å². The maximum Gasteiger partial charge on any atom is 0.393 e. The molecule has 2 amide bonds. The van der Waals surface area contributed by atoms with Crippen molar-refractivity contribution in [1.29, 1.82) is 0 Å². The van der Waals surface area contributed by atoms with Crippen molar-refractivity contribution in [1.82, 2.24) is 20.0 Å². The number of nitrogens with zero attached hydrogens (tertiary/aromatic N) is 3. The summed E-state index contributed by atoms with van der Waals surface area (Å²) in [7, 11) is 0. The number of hydrogen-bond donors (Lipinski definition) is 1. The predicted octanol–water partition coefficient (Wildman–Crippen LogP) is 2.62. The molecule has 10 heteroatoms. The highest BCUT2D eigenvalue weighted by molar-refractivity contribution is 6.27. The average Bonchev–Trinajstić information content (AvgIpc) is 3.17. The molecule has 1 aliphatic rings. The number of para-hydroxylation sites is 1. The van der Waals surface area contributed by atoms with Gasteiger partial charge in [0.2, 0.25) is 5.91 Å². The molecule has 2 unspecified atom stereocenters. The van der Waals surface area contributed by atoms with E-state index in [1.54, 1.807) is 6.20 Å². The topological polar surface area (TPSA) is 67.2 Å². The summed E-state index contributed by atoms with van der Waals surface area (Å²) in [5.74, 6) is -3.37. The Kier molecular flexibility index (Phi) is 5.93. The molecule has 6 nitrogen and oxygen atoms in total. The van der Waals surface area contributed by atoms with E-state index in [2.05, 4.69) is 10.4 Å². The minimum atomic E-state index is -4.48. The van der Waals surface area contributed by atoms with Gasteiger partial charge in [-0.1, -0.05) is 18.2 Å². The van der Waals surface area contributed by atoms with Crippen molar-refractivity contribution in [3.63, 3.8) is 0 Å². The summed E-state index contributed by atoms with van der Waals surface area (Å²) in [6.45, 7) is -0.335. The van der Waals surface area contributed by atoms with E-state index in [9.17, 15) is 22.8 Å². The van der Waals surface area contributed by atoms with Crippen molar-refractivity contribution in [2.24, 2.45) is 5.92 Å². The summed E-state index contributed by atoms with van der Waals surface area (Å²) in [5.41, 5.74) is 0.876. The summed E-state index contributed by atoms with van der Waals surface area (Å²) in [6.07, 6.45) is -3.17. The Morgan fingerprint density at radius 1 is 1.21 bits per heavy atom. The zero-order valence-electron chi connectivity index (χ0n) is 14.7. The number of carbonyl (C=O) groups is 2. The summed E-state index contributed by atoms with van der Waals surface area (Å²) in [6, 6.07) is 9.38. The lowest BCUT2D eigenvalue weighted by Gasteiger charge is -2.39. The number of nitrogens with one attached hydrogen (secondary N) is 1. The normalized spacial score (nSPS) is 20.1. The van der Waals surface area contributed by atoms with Crippen LogP contribution in [0.25, 0.3) is 5.69 Å². The second-order valence-electron chi connectivity index (χ2n) is 6.48. The molecule has 0 spiro atoms. The molecular weight excluding hydrogens is 397 g/mol. The van der Waals surface area contributed by atoms with Crippen molar-refractivity contribution in [2.75, 3.05) is 19.0 Å². The van der Waals surface area contributed by atoms with Crippen LogP contribution in [-0.2, 0) is 4.79 Å². The van der Waals surface area contributed by atoms with Gasteiger partial charge in [-0.05, 0) is 24.6 Å². The summed E-state index contributed by atoms with van der Waals surface area (Å²) >= 11 is 5.40. The average molecular weight is 415 g/mol. The smallest absolute Gasteiger partial charge is 0.350 e. The van der Waals surface area contributed by atoms with E-state index in [0.717, 1.165) is 5.69 Å². The molecule has 2 atom stereocenters. The van der Waals surface area contributed by atoms with Crippen molar-refractivity contribution >= 4 is 23.4 Å². The zero-order valence-corrected chi connectivity index (χ0v) is 15.5. The summed E-state index contributed by atoms with van der Waals surface area (Å²) in [5, 5.41) is 6.50. The highest BCUT2D eigenvalue weighted by Crippen LogP contribution is 2.34. The maximum atomic E-state index is 13.3. The first kappa shape index (κ1) is 20.2. The van der Waals surface area contributed by atoms with Gasteiger partial charge in [0.1, 0.15) is 5.88 Å². The first-order chi connectivity index (χ1) is 13.3. The molecule has 0 bridgehead atoms. The Labute approximate surface area is 164 Å². The number of aromatic nitrogens is 2. The molecule has 3 rings (SSSR count). The number of halogens is 4. The van der Waals surface area contributed by atoms with Crippen LogP contribution in [0, 0.1) is 5.92 Å². The van der Waals surface area contributed by atoms with Crippen LogP contribution in [0.1, 0.15) is 16.9 Å². The number of amides is 2. The van der Waals surface area contributed by atoms with Gasteiger partial charge < -0.3 is 10.2 Å². The minimum Gasteiger partial charge on any atom is -0.350 e. The van der Waals surface area contributed by atoms with Gasteiger partial charge in [0.05, 0.1) is 17.6 Å². The molecule has 1 aromatic heterocycles. The number of likely N-dealkylation sites (tertiary alicyclic amines) is 1. The van der Waals surface area contributed by atoms with Gasteiger partial charge in [0, 0.05) is 19.3 Å². The molecular formula is C18H18ClF3N4O2. The monoisotopic (exact) mass is 414 g/mol. The molecule has 1 N–H and O–H groups in total. The molecule has 2 heterocycles. The van der Waals surface area contributed by atoms with Crippen LogP contribution in [0.2, 0.25) is 0 Å². The predicted molar refractivity (Wildman–Crippen MR) is 96.3 cm³/mol. The van der Waals surface area contributed by atoms with E-state index >= 15 is 0 Å². The third-order valence-corrected chi connectivity index (χ3v) is 4.86. The third-order valence-electron chi connectivity index (χ3n) is 4.62. The lowest BCUT2D eigenvalue weighted by molar-refractivity contribution is -0.191. The lowest BCUT2D eigenvalue weighted by atomic mass is 9.90. The van der Waals surface area contributed by atoms with E-state index in [1.807, 2.05) is 30.3 Å². The number of piperidine rings is 1. The molecule has 0 aliphatic carbocycles. The molecule has 2 aromatic rings. The zero-order chi connectivity index (χ0) is 20.3. The SMILES string of the molecule is O=C(CCl)NC1CN(C(=O)c2ccn(-c3ccccc3)n2)CCC1C(F)(F)F. The fraction of sp³-hybridized carbons (Fsp3) is 0.389. The van der Waals surface area contributed by atoms with Crippen molar-refractivity contribution in [2.45, 2.75) is 18.6 Å².